The van der Waals surface area contributed by atoms with Gasteiger partial charge in [-0.25, -0.2) is 4.79 Å². The number of carboxylic acid groups (broad SMARTS) is 1. The second-order valence-electron chi connectivity index (χ2n) is 6.16. The van der Waals surface area contributed by atoms with Crippen LogP contribution in [0.25, 0.3) is 0 Å². The molecule has 0 aromatic heterocycles. The molecule has 2 unspecified atom stereocenters. The van der Waals surface area contributed by atoms with E-state index < -0.39 is 11.6 Å². The van der Waals surface area contributed by atoms with Crippen LogP contribution in [-0.2, 0) is 9.59 Å². The van der Waals surface area contributed by atoms with E-state index >= 15 is 0 Å². The molecule has 1 aromatic carbocycles. The maximum Gasteiger partial charge on any atom is 0.335 e. The van der Waals surface area contributed by atoms with E-state index in [1.807, 2.05) is 24.3 Å². The molecule has 3 rings (SSSR count). The molecule has 0 spiro atoms. The molecule has 2 aliphatic rings. The van der Waals surface area contributed by atoms with E-state index in [9.17, 15) is 14.7 Å². The minimum Gasteiger partial charge on any atom is -0.479 e. The first-order valence-electron chi connectivity index (χ1n) is 7.41. The highest BCUT2D eigenvalue weighted by Gasteiger charge is 2.48. The van der Waals surface area contributed by atoms with Gasteiger partial charge in [0.25, 0.3) is 0 Å². The summed E-state index contributed by atoms with van der Waals surface area (Å²) in [5, 5.41) is 18.9. The molecule has 22 heavy (non-hydrogen) atoms. The Hall–Kier alpha value is -1.40. The van der Waals surface area contributed by atoms with Crippen LogP contribution < -0.4 is 0 Å². The van der Waals surface area contributed by atoms with Crippen molar-refractivity contribution in [3.8, 4) is 0 Å². The summed E-state index contributed by atoms with van der Waals surface area (Å²) in [7, 11) is 0. The van der Waals surface area contributed by atoms with Gasteiger partial charge >= 0.3 is 5.97 Å². The van der Waals surface area contributed by atoms with Crippen molar-refractivity contribution in [2.45, 2.75) is 30.8 Å². The Morgan fingerprint density at radius 1 is 1.18 bits per heavy atom. The summed E-state index contributed by atoms with van der Waals surface area (Å²) in [5.41, 5.74) is -0.508. The van der Waals surface area contributed by atoms with Crippen LogP contribution in [0.5, 0.6) is 0 Å². The monoisotopic (exact) mass is 367 g/mol. The van der Waals surface area contributed by atoms with Crippen molar-refractivity contribution < 1.29 is 19.8 Å². The van der Waals surface area contributed by atoms with Gasteiger partial charge in [0, 0.05) is 36.3 Å². The maximum atomic E-state index is 12.5. The van der Waals surface area contributed by atoms with Crippen molar-refractivity contribution in [2.75, 3.05) is 13.1 Å². The minimum absolute atomic E-state index is 0.00260. The number of aliphatic carboxylic acids is 1. The topological polar surface area (TPSA) is 77.8 Å². The molecule has 0 bridgehead atoms. The van der Waals surface area contributed by atoms with Crippen molar-refractivity contribution in [1.29, 1.82) is 0 Å². The molecule has 5 nitrogen and oxygen atoms in total. The predicted molar refractivity (Wildman–Crippen MR) is 83.4 cm³/mol. The Balaban J connectivity index is 1.58. The lowest BCUT2D eigenvalue weighted by Crippen LogP contribution is -2.51. The zero-order valence-corrected chi connectivity index (χ0v) is 13.6. The van der Waals surface area contributed by atoms with E-state index in [1.54, 1.807) is 4.90 Å². The molecule has 2 fully saturated rings. The molecule has 1 aliphatic carbocycles. The lowest BCUT2D eigenvalue weighted by atomic mass is 9.91. The van der Waals surface area contributed by atoms with Crippen molar-refractivity contribution >= 4 is 27.8 Å². The molecule has 1 aliphatic heterocycles. The first-order valence-corrected chi connectivity index (χ1v) is 8.20. The summed E-state index contributed by atoms with van der Waals surface area (Å²) < 4.78 is 1.02. The van der Waals surface area contributed by atoms with Crippen LogP contribution in [0.1, 0.15) is 30.7 Å². The van der Waals surface area contributed by atoms with Crippen LogP contribution in [0.15, 0.2) is 28.7 Å². The van der Waals surface area contributed by atoms with Gasteiger partial charge in [0.1, 0.15) is 0 Å². The lowest BCUT2D eigenvalue weighted by molar-refractivity contribution is -0.165. The van der Waals surface area contributed by atoms with Gasteiger partial charge in [-0.3, -0.25) is 4.79 Å². The van der Waals surface area contributed by atoms with Crippen molar-refractivity contribution in [1.82, 2.24) is 4.90 Å². The number of carbonyl (C=O) groups excluding carboxylic acids is 1. The van der Waals surface area contributed by atoms with Crippen LogP contribution in [0, 0.1) is 5.92 Å². The fourth-order valence-electron chi connectivity index (χ4n) is 3.09. The molecule has 1 saturated heterocycles. The Kier molecular flexibility index (Phi) is 3.99. The number of aliphatic hydroxyl groups is 1. The van der Waals surface area contributed by atoms with E-state index in [1.165, 1.54) is 5.56 Å². The zero-order chi connectivity index (χ0) is 15.9. The van der Waals surface area contributed by atoms with Crippen molar-refractivity contribution in [2.24, 2.45) is 5.92 Å². The molecule has 118 valence electrons. The van der Waals surface area contributed by atoms with Crippen molar-refractivity contribution in [3.63, 3.8) is 0 Å². The number of halogens is 1. The number of likely N-dealkylation sites (tertiary alicyclic amines) is 1. The fraction of sp³-hybridized carbons (Fsp3) is 0.500. The van der Waals surface area contributed by atoms with Gasteiger partial charge in [-0.15, -0.1) is 0 Å². The average molecular weight is 368 g/mol. The third-order valence-corrected chi connectivity index (χ3v) is 5.23. The zero-order valence-electron chi connectivity index (χ0n) is 12.0. The quantitative estimate of drug-likeness (QED) is 0.856. The molecule has 1 amide bonds. The molecule has 6 heteroatoms. The number of nitrogens with zero attached hydrogens (tertiary/aromatic N) is 1. The van der Waals surface area contributed by atoms with Gasteiger partial charge in [-0.1, -0.05) is 28.1 Å². The highest BCUT2D eigenvalue weighted by molar-refractivity contribution is 9.10. The minimum atomic E-state index is -1.68. The van der Waals surface area contributed by atoms with E-state index in [-0.39, 0.29) is 30.6 Å². The Morgan fingerprint density at radius 2 is 1.77 bits per heavy atom. The normalized spacial score (nSPS) is 26.5. The molecular formula is C16H18BrNO4. The molecular weight excluding hydrogens is 350 g/mol. The number of carboxylic acids is 1. The second kappa shape index (κ2) is 5.66. The molecule has 2 atom stereocenters. The lowest BCUT2D eigenvalue weighted by Gasteiger charge is -2.35. The summed E-state index contributed by atoms with van der Waals surface area (Å²) in [5.74, 6) is -0.850. The van der Waals surface area contributed by atoms with Gasteiger partial charge in [-0.2, -0.15) is 0 Å². The van der Waals surface area contributed by atoms with Crippen molar-refractivity contribution in [3.05, 3.63) is 34.3 Å². The van der Waals surface area contributed by atoms with Gasteiger partial charge < -0.3 is 15.1 Å². The first kappa shape index (κ1) is 15.5. The molecule has 1 heterocycles. The first-order chi connectivity index (χ1) is 10.4. The summed E-state index contributed by atoms with van der Waals surface area (Å²) in [6.45, 7) is 0.621. The highest BCUT2D eigenvalue weighted by atomic mass is 79.9. The summed E-state index contributed by atoms with van der Waals surface area (Å²) >= 11 is 3.40. The van der Waals surface area contributed by atoms with Gasteiger partial charge in [0.15, 0.2) is 5.60 Å². The van der Waals surface area contributed by atoms with Gasteiger partial charge in [0.2, 0.25) is 5.91 Å². The third-order valence-electron chi connectivity index (χ3n) is 4.71. The van der Waals surface area contributed by atoms with Gasteiger partial charge in [0.05, 0.1) is 0 Å². The number of rotatable bonds is 3. The van der Waals surface area contributed by atoms with E-state index in [2.05, 4.69) is 15.9 Å². The van der Waals surface area contributed by atoms with E-state index in [0.717, 1.165) is 10.9 Å². The molecule has 1 saturated carbocycles. The Labute approximate surface area is 137 Å². The van der Waals surface area contributed by atoms with Crippen LogP contribution >= 0.6 is 15.9 Å². The number of hydrogen-bond acceptors (Lipinski definition) is 3. The number of amides is 1. The van der Waals surface area contributed by atoms with Crippen LogP contribution in [-0.4, -0.2) is 45.7 Å². The standard InChI is InChI=1S/C16H18BrNO4/c17-11-3-1-10(2-4-11)12-9-13(12)14(19)18-7-5-16(22,6-8-18)15(20)21/h1-4,12-13,22H,5-9H2,(H,20,21). The second-order valence-corrected chi connectivity index (χ2v) is 7.08. The van der Waals surface area contributed by atoms with Gasteiger partial charge in [-0.05, 0) is 30.0 Å². The fourth-order valence-corrected chi connectivity index (χ4v) is 3.36. The average Bonchev–Trinajstić information content (AvgIpc) is 3.28. The SMILES string of the molecule is O=C(C1CC1c1ccc(Br)cc1)N1CCC(O)(C(=O)O)CC1. The number of hydrogen-bond donors (Lipinski definition) is 2. The van der Waals surface area contributed by atoms with Crippen LogP contribution in [0.3, 0.4) is 0 Å². The molecule has 2 N–H and O–H groups in total. The smallest absolute Gasteiger partial charge is 0.335 e. The summed E-state index contributed by atoms with van der Waals surface area (Å²) in [6, 6.07) is 8.01. The maximum absolute atomic E-state index is 12.5. The molecule has 0 radical (unpaired) electrons. The highest BCUT2D eigenvalue weighted by Crippen LogP contribution is 2.49. The summed E-state index contributed by atoms with van der Waals surface area (Å²) in [6.07, 6.45) is 1.05. The van der Waals surface area contributed by atoms with E-state index in [4.69, 9.17) is 5.11 Å². The third kappa shape index (κ3) is 2.90. The number of carbonyl (C=O) groups is 2. The van der Waals surface area contributed by atoms with Crippen LogP contribution in [0.4, 0.5) is 0 Å². The Bertz CT molecular complexity index is 593. The molecule has 1 aromatic rings. The predicted octanol–water partition coefficient (Wildman–Crippen LogP) is 1.99. The summed E-state index contributed by atoms with van der Waals surface area (Å²) in [4.78, 5) is 25.2. The number of benzene rings is 1. The van der Waals surface area contributed by atoms with E-state index in [0.29, 0.717) is 13.1 Å². The Morgan fingerprint density at radius 3 is 2.32 bits per heavy atom. The van der Waals surface area contributed by atoms with Crippen LogP contribution in [0.2, 0.25) is 0 Å². The number of piperidine rings is 1. The largest absolute Gasteiger partial charge is 0.479 e.